The summed E-state index contributed by atoms with van der Waals surface area (Å²) < 4.78 is 40.0. The molecule has 2 aromatic carbocycles. The molecule has 182 valence electrons. The minimum absolute atomic E-state index is 0.0392. The van der Waals surface area contributed by atoms with Crippen molar-refractivity contribution in [3.05, 3.63) is 75.9 Å². The van der Waals surface area contributed by atoms with E-state index in [1.54, 1.807) is 13.3 Å². The number of nitrogens with zero attached hydrogens (tertiary/aromatic N) is 2. The van der Waals surface area contributed by atoms with Gasteiger partial charge in [0.15, 0.2) is 0 Å². The Labute approximate surface area is 202 Å². The number of carbonyl (C=O) groups is 1. The predicted molar refractivity (Wildman–Crippen MR) is 130 cm³/mol. The average Bonchev–Trinajstić information content (AvgIpc) is 2.81. The zero-order valence-electron chi connectivity index (χ0n) is 19.1. The number of halogens is 4. The number of likely N-dealkylation sites (tertiary alicyclic amines) is 1. The van der Waals surface area contributed by atoms with Gasteiger partial charge >= 0.3 is 6.18 Å². The summed E-state index contributed by atoms with van der Waals surface area (Å²) >= 11 is 6.03. The second kappa shape index (κ2) is 11.1. The molecule has 1 aliphatic rings. The molecule has 1 heterocycles. The molecular formula is C25H28ClF3N4O. The van der Waals surface area contributed by atoms with Crippen LogP contribution in [-0.4, -0.2) is 43.7 Å². The maximum Gasteiger partial charge on any atom is 0.417 e. The molecule has 0 spiro atoms. The lowest BCUT2D eigenvalue weighted by Crippen LogP contribution is -2.47. The minimum Gasteiger partial charge on any atom is -0.404 e. The largest absolute Gasteiger partial charge is 0.417 e. The van der Waals surface area contributed by atoms with Crippen LogP contribution in [0.15, 0.2) is 53.7 Å². The maximum absolute atomic E-state index is 13.3. The molecule has 9 heteroatoms. The molecule has 0 saturated carbocycles. The Morgan fingerprint density at radius 2 is 2.00 bits per heavy atom. The molecule has 0 aliphatic carbocycles. The van der Waals surface area contributed by atoms with Crippen LogP contribution in [0, 0.1) is 0 Å². The first-order chi connectivity index (χ1) is 16.2. The third kappa shape index (κ3) is 5.80. The Kier molecular flexibility index (Phi) is 8.38. The van der Waals surface area contributed by atoms with Crippen molar-refractivity contribution in [1.82, 2.24) is 10.2 Å². The van der Waals surface area contributed by atoms with E-state index in [1.807, 2.05) is 31.3 Å². The lowest BCUT2D eigenvalue weighted by Gasteiger charge is -2.39. The molecule has 1 amide bonds. The van der Waals surface area contributed by atoms with Gasteiger partial charge in [-0.25, -0.2) is 0 Å². The number of carbonyl (C=O) groups excluding carboxylic acids is 1. The van der Waals surface area contributed by atoms with E-state index in [0.717, 1.165) is 43.0 Å². The molecule has 1 fully saturated rings. The highest BCUT2D eigenvalue weighted by Crippen LogP contribution is 2.37. The Bertz CT molecular complexity index is 1080. The molecule has 2 atom stereocenters. The number of allylic oxidation sites excluding steroid dienone is 1. The van der Waals surface area contributed by atoms with Gasteiger partial charge in [-0.1, -0.05) is 42.3 Å². The van der Waals surface area contributed by atoms with E-state index in [4.69, 9.17) is 17.3 Å². The quantitative estimate of drug-likeness (QED) is 0.536. The third-order valence-electron chi connectivity index (χ3n) is 6.07. The van der Waals surface area contributed by atoms with Crippen molar-refractivity contribution in [3.8, 4) is 0 Å². The first-order valence-corrected chi connectivity index (χ1v) is 11.4. The van der Waals surface area contributed by atoms with Crippen LogP contribution < -0.4 is 11.1 Å². The Balaban J connectivity index is 2.02. The van der Waals surface area contributed by atoms with Crippen molar-refractivity contribution in [3.63, 3.8) is 0 Å². The van der Waals surface area contributed by atoms with Crippen molar-refractivity contribution in [2.45, 2.75) is 37.5 Å². The van der Waals surface area contributed by atoms with Crippen LogP contribution in [-0.2, 0) is 6.18 Å². The van der Waals surface area contributed by atoms with E-state index in [2.05, 4.69) is 15.2 Å². The van der Waals surface area contributed by atoms with Gasteiger partial charge in [-0.15, -0.1) is 0 Å². The molecule has 0 radical (unpaired) electrons. The summed E-state index contributed by atoms with van der Waals surface area (Å²) in [4.78, 5) is 19.4. The summed E-state index contributed by atoms with van der Waals surface area (Å²) in [5.74, 6) is -0.657. The van der Waals surface area contributed by atoms with E-state index in [0.29, 0.717) is 5.57 Å². The van der Waals surface area contributed by atoms with Crippen molar-refractivity contribution in [1.29, 1.82) is 0 Å². The van der Waals surface area contributed by atoms with Crippen LogP contribution in [0.1, 0.15) is 52.4 Å². The zero-order valence-corrected chi connectivity index (χ0v) is 19.8. The van der Waals surface area contributed by atoms with Crippen molar-refractivity contribution in [2.75, 3.05) is 20.6 Å². The molecule has 0 unspecified atom stereocenters. The topological polar surface area (TPSA) is 70.7 Å². The number of hydrogen-bond donors (Lipinski definition) is 2. The highest BCUT2D eigenvalue weighted by molar-refractivity contribution is 6.34. The van der Waals surface area contributed by atoms with Crippen molar-refractivity contribution >= 4 is 29.3 Å². The monoisotopic (exact) mass is 492 g/mol. The Morgan fingerprint density at radius 3 is 2.65 bits per heavy atom. The van der Waals surface area contributed by atoms with Gasteiger partial charge in [0.1, 0.15) is 0 Å². The van der Waals surface area contributed by atoms with Crippen LogP contribution in [0.5, 0.6) is 0 Å². The predicted octanol–water partition coefficient (Wildman–Crippen LogP) is 5.31. The number of hydrogen-bond acceptors (Lipinski definition) is 4. The highest BCUT2D eigenvalue weighted by Gasteiger charge is 2.36. The van der Waals surface area contributed by atoms with E-state index in [1.165, 1.54) is 18.3 Å². The molecule has 1 aliphatic heterocycles. The van der Waals surface area contributed by atoms with Crippen LogP contribution in [0.2, 0.25) is 5.02 Å². The number of piperidine rings is 1. The molecule has 3 rings (SSSR count). The number of nitrogens with two attached hydrogens (primary N) is 1. The summed E-state index contributed by atoms with van der Waals surface area (Å²) in [6, 6.07) is 10.4. The van der Waals surface area contributed by atoms with E-state index < -0.39 is 28.7 Å². The number of amides is 1. The summed E-state index contributed by atoms with van der Waals surface area (Å²) in [6.45, 7) is 0.859. The standard InChI is InChI=1S/C25H28ClF3N4O/c1-31-15-18(14-30)16-7-5-8-17(13-16)23(21-11-3-4-12-33(21)2)32-24(34)19-9-6-10-20(22(19)26)25(27,28)29/h5-10,13-15,21,23H,3-4,11-12,30H2,1-2H3,(H,32,34)/t21-,23-/m0/s1. The van der Waals surface area contributed by atoms with E-state index in [9.17, 15) is 18.0 Å². The van der Waals surface area contributed by atoms with E-state index in [-0.39, 0.29) is 11.6 Å². The van der Waals surface area contributed by atoms with Crippen LogP contribution in [0.4, 0.5) is 13.2 Å². The number of aliphatic imine (C=N–C) groups is 1. The average molecular weight is 493 g/mol. The second-order valence-electron chi connectivity index (χ2n) is 8.29. The number of nitrogens with one attached hydrogen (secondary N) is 1. The molecule has 5 nitrogen and oxygen atoms in total. The molecule has 0 aromatic heterocycles. The van der Waals surface area contributed by atoms with Crippen molar-refractivity contribution < 1.29 is 18.0 Å². The summed E-state index contributed by atoms with van der Waals surface area (Å²) in [5.41, 5.74) is 6.87. The van der Waals surface area contributed by atoms with Gasteiger partial charge in [-0.3, -0.25) is 9.79 Å². The molecule has 3 N–H and O–H groups in total. The van der Waals surface area contributed by atoms with Crippen LogP contribution in [0.25, 0.3) is 5.57 Å². The van der Waals surface area contributed by atoms with Gasteiger partial charge in [0.25, 0.3) is 5.91 Å². The maximum atomic E-state index is 13.3. The van der Waals surface area contributed by atoms with Gasteiger partial charge in [-0.2, -0.15) is 13.2 Å². The Morgan fingerprint density at radius 1 is 1.26 bits per heavy atom. The fourth-order valence-corrected chi connectivity index (χ4v) is 4.65. The smallest absolute Gasteiger partial charge is 0.404 e. The lowest BCUT2D eigenvalue weighted by molar-refractivity contribution is -0.137. The van der Waals surface area contributed by atoms with Gasteiger partial charge < -0.3 is 16.0 Å². The molecule has 1 saturated heterocycles. The molecule has 2 aromatic rings. The van der Waals surface area contributed by atoms with Gasteiger partial charge in [-0.05, 0) is 55.8 Å². The fourth-order valence-electron chi connectivity index (χ4n) is 4.33. The van der Waals surface area contributed by atoms with Gasteiger partial charge in [0.05, 0.1) is 22.2 Å². The number of alkyl halides is 3. The summed E-state index contributed by atoms with van der Waals surface area (Å²) in [5, 5.41) is 2.36. The lowest BCUT2D eigenvalue weighted by atomic mass is 9.89. The fraction of sp³-hybridized carbons (Fsp3) is 0.360. The summed E-state index contributed by atoms with van der Waals surface area (Å²) in [6.07, 6.45) is 1.30. The van der Waals surface area contributed by atoms with Crippen molar-refractivity contribution in [2.24, 2.45) is 10.7 Å². The van der Waals surface area contributed by atoms with Crippen LogP contribution in [0.3, 0.4) is 0 Å². The summed E-state index contributed by atoms with van der Waals surface area (Å²) in [7, 11) is 3.63. The van der Waals surface area contributed by atoms with Crippen LogP contribution >= 0.6 is 11.6 Å². The number of likely N-dealkylation sites (N-methyl/N-ethyl adjacent to an activating group) is 1. The third-order valence-corrected chi connectivity index (χ3v) is 6.48. The normalized spacial score (nSPS) is 18.8. The molecule has 34 heavy (non-hydrogen) atoms. The second-order valence-corrected chi connectivity index (χ2v) is 8.67. The SMILES string of the molecule is CN=CC(=CN)c1cccc([C@H](NC(=O)c2cccc(C(F)(F)F)c2Cl)[C@@H]2CCCCN2C)c1. The van der Waals surface area contributed by atoms with Gasteiger partial charge in [0.2, 0.25) is 0 Å². The molecule has 0 bridgehead atoms. The first-order valence-electron chi connectivity index (χ1n) is 11.0. The van der Waals surface area contributed by atoms with Gasteiger partial charge in [0, 0.05) is 31.1 Å². The molecular weight excluding hydrogens is 465 g/mol. The number of rotatable bonds is 6. The Hall–Kier alpha value is -2.84. The van der Waals surface area contributed by atoms with E-state index >= 15 is 0 Å². The minimum atomic E-state index is -4.66. The first kappa shape index (κ1) is 25.8. The zero-order chi connectivity index (χ0) is 24.9. The number of benzene rings is 2. The highest BCUT2D eigenvalue weighted by atomic mass is 35.5.